The Morgan fingerprint density at radius 1 is 0.921 bits per heavy atom. The number of benzodiazepines with no additional fused rings is 1. The maximum Gasteiger partial charge on any atom is 0.410 e. The minimum absolute atomic E-state index is 0.124. The first kappa shape index (κ1) is 25.5. The van der Waals surface area contributed by atoms with Crippen molar-refractivity contribution in [1.29, 1.82) is 0 Å². The van der Waals surface area contributed by atoms with Gasteiger partial charge in [0.25, 0.3) is 0 Å². The van der Waals surface area contributed by atoms with Crippen molar-refractivity contribution in [3.8, 4) is 0 Å². The zero-order valence-electron chi connectivity index (χ0n) is 22.2. The summed E-state index contributed by atoms with van der Waals surface area (Å²) in [7, 11) is 0. The average Bonchev–Trinajstić information content (AvgIpc) is 3.05. The van der Waals surface area contributed by atoms with E-state index in [0.29, 0.717) is 32.6 Å². The molecule has 0 aliphatic carbocycles. The Bertz CT molecular complexity index is 1320. The molecule has 1 fully saturated rings. The van der Waals surface area contributed by atoms with E-state index in [1.54, 1.807) is 4.90 Å². The molecule has 7 nitrogen and oxygen atoms in total. The number of hydrogen-bond acceptors (Lipinski definition) is 5. The van der Waals surface area contributed by atoms with Gasteiger partial charge in [0.15, 0.2) is 0 Å². The standard InChI is InChI=1S/C31H34N4O3/c1-31(2,3)38-30(37)35-19-17-34(18-20-35)26-16-10-15-24-27(23-13-8-5-9-14-23)32-25(29(36)33-28(24)26)21-22-11-6-4-7-12-22/h4-16,25H,17-21H2,1-3H3,(H,33,36)/t25-/m0/s1. The molecule has 196 valence electrons. The predicted octanol–water partition coefficient (Wildman–Crippen LogP) is 5.14. The second-order valence-corrected chi connectivity index (χ2v) is 10.7. The van der Waals surface area contributed by atoms with Crippen LogP contribution in [0.3, 0.4) is 0 Å². The van der Waals surface area contributed by atoms with Gasteiger partial charge in [-0.15, -0.1) is 0 Å². The van der Waals surface area contributed by atoms with E-state index >= 15 is 0 Å². The van der Waals surface area contributed by atoms with Crippen LogP contribution in [0, 0.1) is 0 Å². The molecule has 1 saturated heterocycles. The minimum Gasteiger partial charge on any atom is -0.444 e. The van der Waals surface area contributed by atoms with Gasteiger partial charge in [-0.2, -0.15) is 0 Å². The van der Waals surface area contributed by atoms with Gasteiger partial charge in [0, 0.05) is 43.7 Å². The third-order valence-corrected chi connectivity index (χ3v) is 6.72. The Kier molecular flexibility index (Phi) is 7.18. The molecule has 2 aliphatic rings. The Morgan fingerprint density at radius 2 is 1.58 bits per heavy atom. The molecule has 2 aliphatic heterocycles. The molecule has 38 heavy (non-hydrogen) atoms. The Morgan fingerprint density at radius 3 is 2.24 bits per heavy atom. The van der Waals surface area contributed by atoms with Crippen LogP contribution in [0.2, 0.25) is 0 Å². The monoisotopic (exact) mass is 510 g/mol. The van der Waals surface area contributed by atoms with E-state index in [9.17, 15) is 9.59 Å². The van der Waals surface area contributed by atoms with Crippen LogP contribution < -0.4 is 10.2 Å². The largest absolute Gasteiger partial charge is 0.444 e. The summed E-state index contributed by atoms with van der Waals surface area (Å²) in [4.78, 5) is 35.1. The summed E-state index contributed by atoms with van der Waals surface area (Å²) in [5, 5.41) is 3.22. The Labute approximate surface area is 224 Å². The molecular weight excluding hydrogens is 476 g/mol. The fourth-order valence-electron chi connectivity index (χ4n) is 4.88. The summed E-state index contributed by atoms with van der Waals surface area (Å²) in [6, 6.07) is 25.5. The summed E-state index contributed by atoms with van der Waals surface area (Å²) < 4.78 is 5.56. The fraction of sp³-hybridized carbons (Fsp3) is 0.323. The van der Waals surface area contributed by atoms with Crippen molar-refractivity contribution in [3.63, 3.8) is 0 Å². The summed E-state index contributed by atoms with van der Waals surface area (Å²) in [5.41, 5.74) is 4.90. The van der Waals surface area contributed by atoms with Gasteiger partial charge in [0.05, 0.1) is 17.1 Å². The number of para-hydroxylation sites is 1. The van der Waals surface area contributed by atoms with E-state index in [0.717, 1.165) is 33.8 Å². The van der Waals surface area contributed by atoms with E-state index in [1.807, 2.05) is 99.6 Å². The van der Waals surface area contributed by atoms with Gasteiger partial charge in [-0.05, 0) is 32.4 Å². The molecular formula is C31H34N4O3. The number of amides is 2. The molecule has 1 N–H and O–H groups in total. The first-order valence-electron chi connectivity index (χ1n) is 13.1. The predicted molar refractivity (Wildman–Crippen MR) is 151 cm³/mol. The second-order valence-electron chi connectivity index (χ2n) is 10.7. The number of benzene rings is 3. The Balaban J connectivity index is 1.45. The van der Waals surface area contributed by atoms with Crippen molar-refractivity contribution < 1.29 is 14.3 Å². The molecule has 3 aromatic rings. The van der Waals surface area contributed by atoms with Crippen molar-refractivity contribution in [1.82, 2.24) is 4.90 Å². The molecule has 0 bridgehead atoms. The minimum atomic E-state index is -0.558. The first-order valence-corrected chi connectivity index (χ1v) is 13.1. The zero-order valence-corrected chi connectivity index (χ0v) is 22.2. The van der Waals surface area contributed by atoms with Gasteiger partial charge in [-0.25, -0.2) is 4.79 Å². The normalized spacial score (nSPS) is 17.7. The highest BCUT2D eigenvalue weighted by Crippen LogP contribution is 2.35. The van der Waals surface area contributed by atoms with E-state index in [2.05, 4.69) is 10.2 Å². The van der Waals surface area contributed by atoms with Crippen molar-refractivity contribution in [2.24, 2.45) is 4.99 Å². The van der Waals surface area contributed by atoms with Gasteiger partial charge in [0.2, 0.25) is 5.91 Å². The molecule has 0 unspecified atom stereocenters. The molecule has 2 amide bonds. The van der Waals surface area contributed by atoms with Gasteiger partial charge in [-0.3, -0.25) is 9.79 Å². The van der Waals surface area contributed by atoms with Crippen LogP contribution in [0.15, 0.2) is 83.9 Å². The third kappa shape index (κ3) is 5.72. The number of anilines is 2. The Hall–Kier alpha value is -4.13. The molecule has 0 saturated carbocycles. The number of hydrogen-bond donors (Lipinski definition) is 1. The number of nitrogens with one attached hydrogen (secondary N) is 1. The highest BCUT2D eigenvalue weighted by molar-refractivity contribution is 6.21. The van der Waals surface area contributed by atoms with Crippen molar-refractivity contribution in [2.75, 3.05) is 36.4 Å². The lowest BCUT2D eigenvalue weighted by molar-refractivity contribution is -0.117. The molecule has 5 rings (SSSR count). The van der Waals surface area contributed by atoms with E-state index in [-0.39, 0.29) is 12.0 Å². The third-order valence-electron chi connectivity index (χ3n) is 6.72. The van der Waals surface area contributed by atoms with E-state index in [4.69, 9.17) is 9.73 Å². The molecule has 0 radical (unpaired) electrons. The summed E-state index contributed by atoms with van der Waals surface area (Å²) in [6.45, 7) is 7.99. The van der Waals surface area contributed by atoms with Gasteiger partial charge in [0.1, 0.15) is 11.6 Å². The number of nitrogens with zero attached hydrogens (tertiary/aromatic N) is 3. The van der Waals surface area contributed by atoms with Crippen LogP contribution in [0.4, 0.5) is 16.2 Å². The number of ether oxygens (including phenoxy) is 1. The highest BCUT2D eigenvalue weighted by Gasteiger charge is 2.31. The molecule has 2 heterocycles. The number of piperazine rings is 1. The molecule has 0 aromatic heterocycles. The number of carbonyl (C=O) groups excluding carboxylic acids is 2. The van der Waals surface area contributed by atoms with Crippen LogP contribution in [-0.4, -0.2) is 60.4 Å². The second kappa shape index (κ2) is 10.7. The lowest BCUT2D eigenvalue weighted by atomic mass is 9.99. The number of aliphatic imine (C=N–C) groups is 1. The van der Waals surface area contributed by atoms with Gasteiger partial charge < -0.3 is 19.9 Å². The fourth-order valence-corrected chi connectivity index (χ4v) is 4.88. The maximum absolute atomic E-state index is 13.6. The lowest BCUT2D eigenvalue weighted by Crippen LogP contribution is -2.50. The number of fused-ring (bicyclic) bond motifs is 1. The van der Waals surface area contributed by atoms with Crippen LogP contribution >= 0.6 is 0 Å². The SMILES string of the molecule is CC(C)(C)OC(=O)N1CCN(c2cccc3c2NC(=O)[C@H](Cc2ccccc2)N=C3c2ccccc2)CC1. The number of rotatable bonds is 4. The average molecular weight is 511 g/mol. The number of carbonyl (C=O) groups is 2. The quantitative estimate of drug-likeness (QED) is 0.527. The van der Waals surface area contributed by atoms with Gasteiger partial charge in [-0.1, -0.05) is 72.8 Å². The van der Waals surface area contributed by atoms with Crippen molar-refractivity contribution in [2.45, 2.75) is 38.8 Å². The molecule has 3 aromatic carbocycles. The smallest absolute Gasteiger partial charge is 0.410 e. The van der Waals surface area contributed by atoms with Crippen LogP contribution in [0.5, 0.6) is 0 Å². The topological polar surface area (TPSA) is 74.2 Å². The van der Waals surface area contributed by atoms with Crippen LogP contribution in [-0.2, 0) is 16.0 Å². The first-order chi connectivity index (χ1) is 18.3. The lowest BCUT2D eigenvalue weighted by Gasteiger charge is -2.37. The maximum atomic E-state index is 13.6. The van der Waals surface area contributed by atoms with E-state index < -0.39 is 11.6 Å². The zero-order chi connectivity index (χ0) is 26.7. The van der Waals surface area contributed by atoms with Crippen molar-refractivity contribution >= 4 is 29.1 Å². The summed E-state index contributed by atoms with van der Waals surface area (Å²) >= 11 is 0. The molecule has 1 atom stereocenters. The summed E-state index contributed by atoms with van der Waals surface area (Å²) in [6.07, 6.45) is 0.223. The van der Waals surface area contributed by atoms with E-state index in [1.165, 1.54) is 0 Å². The molecule has 0 spiro atoms. The van der Waals surface area contributed by atoms with Crippen LogP contribution in [0.1, 0.15) is 37.5 Å². The molecule has 7 heteroatoms. The van der Waals surface area contributed by atoms with Crippen LogP contribution in [0.25, 0.3) is 0 Å². The van der Waals surface area contributed by atoms with Gasteiger partial charge >= 0.3 is 6.09 Å². The summed E-state index contributed by atoms with van der Waals surface area (Å²) in [5.74, 6) is -0.124. The van der Waals surface area contributed by atoms with Crippen molar-refractivity contribution in [3.05, 3.63) is 95.6 Å². The highest BCUT2D eigenvalue weighted by atomic mass is 16.6.